The number of halogens is 2. The molecule has 0 radical (unpaired) electrons. The fourth-order valence-corrected chi connectivity index (χ4v) is 7.89. The maximum atomic E-state index is 13.2. The molecule has 11 heteroatoms. The Bertz CT molecular complexity index is 1450. The van der Waals surface area contributed by atoms with Gasteiger partial charge in [0.15, 0.2) is 0 Å². The Morgan fingerprint density at radius 3 is 2.64 bits per heavy atom. The van der Waals surface area contributed by atoms with E-state index in [1.807, 2.05) is 29.6 Å². The highest BCUT2D eigenvalue weighted by Crippen LogP contribution is 2.33. The summed E-state index contributed by atoms with van der Waals surface area (Å²) < 4.78 is 29.6. The number of thiophene rings is 1. The minimum absolute atomic E-state index is 0.178. The lowest BCUT2D eigenvalue weighted by Gasteiger charge is -2.32. The molecule has 1 aliphatic heterocycles. The van der Waals surface area contributed by atoms with E-state index in [1.54, 1.807) is 29.2 Å². The standard InChI is InChI=1S/C22H17BrClN3O3S3/c23-16-4-1-14(2-5-16)18-13-31-20(25-18)11-26-7-8-27(12-21(26)28)33(29,30)22-9-15-3-6-17(24)10-19(15)32-22/h1-6,9-10,13H,7-8,11-12H2. The zero-order valence-electron chi connectivity index (χ0n) is 17.1. The van der Waals surface area contributed by atoms with Crippen LogP contribution in [0.15, 0.2) is 62.6 Å². The van der Waals surface area contributed by atoms with Crippen molar-refractivity contribution in [2.24, 2.45) is 0 Å². The Balaban J connectivity index is 1.28. The summed E-state index contributed by atoms with van der Waals surface area (Å²) >= 11 is 12.1. The fourth-order valence-electron chi connectivity index (χ4n) is 3.59. The Hall–Kier alpha value is -1.82. The van der Waals surface area contributed by atoms with Gasteiger partial charge in [0.1, 0.15) is 9.22 Å². The van der Waals surface area contributed by atoms with E-state index in [2.05, 4.69) is 20.9 Å². The zero-order valence-corrected chi connectivity index (χ0v) is 21.9. The van der Waals surface area contributed by atoms with Gasteiger partial charge in [-0.2, -0.15) is 4.31 Å². The van der Waals surface area contributed by atoms with Gasteiger partial charge in [-0.1, -0.05) is 45.7 Å². The smallest absolute Gasteiger partial charge is 0.253 e. The van der Waals surface area contributed by atoms with Gasteiger partial charge >= 0.3 is 0 Å². The number of carbonyl (C=O) groups excluding carboxylic acids is 1. The summed E-state index contributed by atoms with van der Waals surface area (Å²) in [5.74, 6) is -0.227. The quantitative estimate of drug-likeness (QED) is 0.313. The Morgan fingerprint density at radius 2 is 1.88 bits per heavy atom. The van der Waals surface area contributed by atoms with Crippen molar-refractivity contribution in [3.05, 3.63) is 68.4 Å². The van der Waals surface area contributed by atoms with Gasteiger partial charge in [0.2, 0.25) is 5.91 Å². The van der Waals surface area contributed by atoms with Crippen molar-refractivity contribution in [2.75, 3.05) is 19.6 Å². The highest BCUT2D eigenvalue weighted by molar-refractivity contribution is 9.10. The van der Waals surface area contributed by atoms with Crippen molar-refractivity contribution in [3.8, 4) is 11.3 Å². The molecule has 1 amide bonds. The number of rotatable bonds is 5. The SMILES string of the molecule is O=C1CN(S(=O)(=O)c2cc3ccc(Cl)cc3s2)CCN1Cc1nc(-c2ccc(Br)cc2)cs1. The third kappa shape index (κ3) is 4.73. The van der Waals surface area contributed by atoms with Gasteiger partial charge in [-0.05, 0) is 35.7 Å². The number of fused-ring (bicyclic) bond motifs is 1. The number of hydrogen-bond acceptors (Lipinski definition) is 6. The van der Waals surface area contributed by atoms with E-state index >= 15 is 0 Å². The summed E-state index contributed by atoms with van der Waals surface area (Å²) in [5.41, 5.74) is 1.87. The number of amides is 1. The minimum Gasteiger partial charge on any atom is -0.333 e. The molecule has 0 saturated carbocycles. The van der Waals surface area contributed by atoms with Crippen molar-refractivity contribution in [1.82, 2.24) is 14.2 Å². The molecule has 6 nitrogen and oxygen atoms in total. The molecule has 0 spiro atoms. The molecule has 1 saturated heterocycles. The van der Waals surface area contributed by atoms with Crippen molar-refractivity contribution in [1.29, 1.82) is 0 Å². The van der Waals surface area contributed by atoms with E-state index in [9.17, 15) is 13.2 Å². The molecule has 2 aromatic carbocycles. The van der Waals surface area contributed by atoms with Gasteiger partial charge < -0.3 is 4.90 Å². The highest BCUT2D eigenvalue weighted by atomic mass is 79.9. The molecule has 170 valence electrons. The Morgan fingerprint density at radius 1 is 1.09 bits per heavy atom. The number of aromatic nitrogens is 1. The average molecular weight is 583 g/mol. The molecular weight excluding hydrogens is 566 g/mol. The van der Waals surface area contributed by atoms with Crippen molar-refractivity contribution in [3.63, 3.8) is 0 Å². The fraction of sp³-hybridized carbons (Fsp3) is 0.182. The van der Waals surface area contributed by atoms with Crippen molar-refractivity contribution in [2.45, 2.75) is 10.8 Å². The second kappa shape index (κ2) is 9.09. The molecule has 4 aromatic rings. The topological polar surface area (TPSA) is 70.6 Å². The third-order valence-corrected chi connectivity index (χ3v) is 10.3. The van der Waals surface area contributed by atoms with Crippen molar-refractivity contribution < 1.29 is 13.2 Å². The maximum Gasteiger partial charge on any atom is 0.253 e. The van der Waals surface area contributed by atoms with Gasteiger partial charge in [0, 0.05) is 38.2 Å². The van der Waals surface area contributed by atoms with E-state index < -0.39 is 10.0 Å². The Kier molecular flexibility index (Phi) is 6.32. The van der Waals surface area contributed by atoms with E-state index in [4.69, 9.17) is 11.6 Å². The minimum atomic E-state index is -3.76. The van der Waals surface area contributed by atoms with Gasteiger partial charge in [-0.3, -0.25) is 4.79 Å². The summed E-state index contributed by atoms with van der Waals surface area (Å²) in [6.07, 6.45) is 0. The zero-order chi connectivity index (χ0) is 23.2. The monoisotopic (exact) mass is 581 g/mol. The summed E-state index contributed by atoms with van der Waals surface area (Å²) in [7, 11) is -3.76. The summed E-state index contributed by atoms with van der Waals surface area (Å²) in [5, 5.41) is 4.16. The molecule has 0 aliphatic carbocycles. The van der Waals surface area contributed by atoms with Gasteiger partial charge in [0.05, 0.1) is 18.8 Å². The average Bonchev–Trinajstić information content (AvgIpc) is 3.43. The lowest BCUT2D eigenvalue weighted by Crippen LogP contribution is -2.51. The predicted molar refractivity (Wildman–Crippen MR) is 136 cm³/mol. The largest absolute Gasteiger partial charge is 0.333 e. The van der Waals surface area contributed by atoms with Crippen LogP contribution in [-0.4, -0.2) is 48.1 Å². The van der Waals surface area contributed by atoms with Crippen LogP contribution in [0.25, 0.3) is 21.3 Å². The van der Waals surface area contributed by atoms with E-state index in [1.165, 1.54) is 27.0 Å². The van der Waals surface area contributed by atoms with Gasteiger partial charge in [-0.15, -0.1) is 22.7 Å². The lowest BCUT2D eigenvalue weighted by atomic mass is 10.2. The first-order valence-electron chi connectivity index (χ1n) is 9.97. The van der Waals surface area contributed by atoms with Crippen LogP contribution in [0, 0.1) is 0 Å². The van der Waals surface area contributed by atoms with Crippen LogP contribution in [-0.2, 0) is 21.4 Å². The molecule has 0 unspecified atom stereocenters. The van der Waals surface area contributed by atoms with Gasteiger partial charge in [0.25, 0.3) is 10.0 Å². The first-order valence-corrected chi connectivity index (χ1v) is 14.3. The molecule has 2 aromatic heterocycles. The van der Waals surface area contributed by atoms with E-state index in [0.717, 1.165) is 30.8 Å². The summed E-state index contributed by atoms with van der Waals surface area (Å²) in [4.78, 5) is 19.1. The number of benzene rings is 2. The number of hydrogen-bond donors (Lipinski definition) is 0. The van der Waals surface area contributed by atoms with Crippen LogP contribution in [0.5, 0.6) is 0 Å². The van der Waals surface area contributed by atoms with Crippen molar-refractivity contribution >= 4 is 76.2 Å². The predicted octanol–water partition coefficient (Wildman–Crippen LogP) is 5.47. The molecule has 5 rings (SSSR count). The second-order valence-corrected chi connectivity index (χ2v) is 13.1. The first kappa shape index (κ1) is 22.9. The van der Waals surface area contributed by atoms with E-state index in [-0.39, 0.29) is 23.2 Å². The molecule has 0 bridgehead atoms. The van der Waals surface area contributed by atoms with Crippen LogP contribution in [0.1, 0.15) is 5.01 Å². The lowest BCUT2D eigenvalue weighted by molar-refractivity contribution is -0.134. The molecule has 0 atom stereocenters. The molecule has 1 aliphatic rings. The summed E-state index contributed by atoms with van der Waals surface area (Å²) in [6.45, 7) is 0.758. The number of carbonyl (C=O) groups is 1. The molecule has 1 fully saturated rings. The normalized spacial score (nSPS) is 15.5. The Labute approximate surface area is 212 Å². The number of nitrogens with zero attached hydrogens (tertiary/aromatic N) is 3. The highest BCUT2D eigenvalue weighted by Gasteiger charge is 2.34. The van der Waals surface area contributed by atoms with Crippen LogP contribution in [0.3, 0.4) is 0 Å². The second-order valence-electron chi connectivity index (χ2n) is 7.53. The van der Waals surface area contributed by atoms with Crippen LogP contribution < -0.4 is 0 Å². The van der Waals surface area contributed by atoms with E-state index in [0.29, 0.717) is 18.1 Å². The molecule has 3 heterocycles. The molecule has 33 heavy (non-hydrogen) atoms. The number of piperazine rings is 1. The number of sulfonamides is 1. The molecule has 0 N–H and O–H groups in total. The van der Waals surface area contributed by atoms with Crippen LogP contribution >= 0.6 is 50.2 Å². The maximum absolute atomic E-state index is 13.2. The number of thiazole rings is 1. The molecular formula is C22H17BrClN3O3S3. The summed E-state index contributed by atoms with van der Waals surface area (Å²) in [6, 6.07) is 14.8. The first-order chi connectivity index (χ1) is 15.8. The van der Waals surface area contributed by atoms with Crippen LogP contribution in [0.4, 0.5) is 0 Å². The van der Waals surface area contributed by atoms with Crippen LogP contribution in [0.2, 0.25) is 5.02 Å². The third-order valence-electron chi connectivity index (χ3n) is 5.36. The van der Waals surface area contributed by atoms with Gasteiger partial charge in [-0.25, -0.2) is 13.4 Å².